The van der Waals surface area contributed by atoms with Crippen LogP contribution in [0.4, 0.5) is 10.1 Å². The smallest absolute Gasteiger partial charge is 0.132 e. The van der Waals surface area contributed by atoms with Crippen molar-refractivity contribution in [1.82, 2.24) is 0 Å². The molecule has 4 heteroatoms. The van der Waals surface area contributed by atoms with Gasteiger partial charge in [-0.3, -0.25) is 0 Å². The van der Waals surface area contributed by atoms with Crippen LogP contribution in [0.15, 0.2) is 54.6 Å². The molecule has 0 spiro atoms. The summed E-state index contributed by atoms with van der Waals surface area (Å²) in [4.78, 5) is 0. The van der Waals surface area contributed by atoms with Gasteiger partial charge >= 0.3 is 0 Å². The van der Waals surface area contributed by atoms with Crippen molar-refractivity contribution in [1.29, 1.82) is 0 Å². The van der Waals surface area contributed by atoms with Crippen LogP contribution >= 0.6 is 23.2 Å². The zero-order valence-corrected chi connectivity index (χ0v) is 20.7. The van der Waals surface area contributed by atoms with Crippen molar-refractivity contribution in [2.45, 2.75) is 60.3 Å². The zero-order valence-electron chi connectivity index (χ0n) is 19.2. The Kier molecular flexibility index (Phi) is 12.3. The second-order valence-corrected chi connectivity index (χ2v) is 7.48. The monoisotopic (exact) mass is 461 g/mol. The highest BCUT2D eigenvalue weighted by molar-refractivity contribution is 6.34. The Morgan fingerprint density at radius 3 is 2.16 bits per heavy atom. The van der Waals surface area contributed by atoms with Gasteiger partial charge in [0, 0.05) is 21.8 Å². The van der Waals surface area contributed by atoms with Gasteiger partial charge in [-0.25, -0.2) is 4.39 Å². The van der Waals surface area contributed by atoms with Crippen molar-refractivity contribution in [2.75, 3.05) is 5.73 Å². The number of nitrogens with two attached hydrogens (primary N) is 1. The molecule has 0 aliphatic heterocycles. The van der Waals surface area contributed by atoms with Gasteiger partial charge in [-0.1, -0.05) is 94.9 Å². The third-order valence-electron chi connectivity index (χ3n) is 4.69. The van der Waals surface area contributed by atoms with Crippen molar-refractivity contribution >= 4 is 28.9 Å². The molecular formula is C27H34Cl2FN. The molecule has 3 aromatic rings. The molecule has 1 nitrogen and oxygen atoms in total. The standard InChI is InChI=1S/C23H22Cl2FN.2C2H6/c1-2-3-4-6-15-13-16(19-14-17(27)10-12-20(19)24)9-11-18(15)23-21(25)7-5-8-22(23)26;2*1-2/h5,7-14H,2-4,6,27H2,1H3;2*1-2H3. The lowest BCUT2D eigenvalue weighted by molar-refractivity contribution is 0.631. The summed E-state index contributed by atoms with van der Waals surface area (Å²) in [6.45, 7) is 10.2. The van der Waals surface area contributed by atoms with Gasteiger partial charge in [0.05, 0.1) is 5.02 Å². The maximum Gasteiger partial charge on any atom is 0.132 e. The second-order valence-electron chi connectivity index (χ2n) is 6.66. The molecule has 3 rings (SSSR count). The molecule has 2 N–H and O–H groups in total. The van der Waals surface area contributed by atoms with Gasteiger partial charge in [0.2, 0.25) is 0 Å². The first-order chi connectivity index (χ1) is 15.0. The van der Waals surface area contributed by atoms with Crippen molar-refractivity contribution in [3.8, 4) is 22.3 Å². The van der Waals surface area contributed by atoms with E-state index in [-0.39, 0.29) is 5.82 Å². The van der Waals surface area contributed by atoms with E-state index in [2.05, 4.69) is 13.0 Å². The van der Waals surface area contributed by atoms with Crippen LogP contribution in [0.5, 0.6) is 0 Å². The van der Waals surface area contributed by atoms with Gasteiger partial charge in [0.25, 0.3) is 0 Å². The molecule has 0 heterocycles. The number of hydrogen-bond donors (Lipinski definition) is 1. The van der Waals surface area contributed by atoms with Crippen LogP contribution in [0.1, 0.15) is 59.4 Å². The number of halogens is 3. The van der Waals surface area contributed by atoms with Gasteiger partial charge in [0.15, 0.2) is 0 Å². The lowest BCUT2D eigenvalue weighted by Gasteiger charge is -2.15. The summed E-state index contributed by atoms with van der Waals surface area (Å²) in [5.74, 6) is -0.311. The van der Waals surface area contributed by atoms with Crippen molar-refractivity contribution in [2.24, 2.45) is 0 Å². The lowest BCUT2D eigenvalue weighted by atomic mass is 9.91. The summed E-state index contributed by atoms with van der Waals surface area (Å²) in [7, 11) is 0. The molecule has 0 atom stereocenters. The van der Waals surface area contributed by atoms with Crippen LogP contribution in [-0.4, -0.2) is 0 Å². The molecule has 3 aromatic carbocycles. The summed E-state index contributed by atoms with van der Waals surface area (Å²) in [6, 6.07) is 16.2. The van der Waals surface area contributed by atoms with Gasteiger partial charge in [0.1, 0.15) is 5.82 Å². The summed E-state index contributed by atoms with van der Waals surface area (Å²) in [5, 5.41) is 1.06. The van der Waals surface area contributed by atoms with Gasteiger partial charge in [-0.05, 0) is 59.9 Å². The number of unbranched alkanes of at least 4 members (excludes halogenated alkanes) is 2. The fourth-order valence-corrected chi connectivity index (χ4v) is 3.79. The minimum atomic E-state index is -0.311. The number of benzene rings is 3. The van der Waals surface area contributed by atoms with Gasteiger partial charge in [-0.2, -0.15) is 0 Å². The predicted octanol–water partition coefficient (Wildman–Crippen LogP) is 9.83. The fourth-order valence-electron chi connectivity index (χ4n) is 3.30. The highest BCUT2D eigenvalue weighted by atomic mass is 35.5. The topological polar surface area (TPSA) is 26.0 Å². The number of anilines is 1. The van der Waals surface area contributed by atoms with E-state index < -0.39 is 0 Å². The number of aryl methyl sites for hydroxylation is 1. The van der Waals surface area contributed by atoms with E-state index in [1.807, 2.05) is 45.9 Å². The van der Waals surface area contributed by atoms with Gasteiger partial charge < -0.3 is 5.73 Å². The van der Waals surface area contributed by atoms with Crippen LogP contribution in [0.25, 0.3) is 22.3 Å². The highest BCUT2D eigenvalue weighted by Gasteiger charge is 2.15. The number of hydrogen-bond acceptors (Lipinski definition) is 1. The van der Waals surface area contributed by atoms with Crippen LogP contribution in [0.2, 0.25) is 10.0 Å². The Morgan fingerprint density at radius 2 is 1.52 bits per heavy atom. The second kappa shape index (κ2) is 14.1. The summed E-state index contributed by atoms with van der Waals surface area (Å²) >= 11 is 12.7. The fraction of sp³-hybridized carbons (Fsp3) is 0.333. The molecule has 0 aromatic heterocycles. The molecule has 31 heavy (non-hydrogen) atoms. The quantitative estimate of drug-likeness (QED) is 0.286. The Morgan fingerprint density at radius 1 is 0.806 bits per heavy atom. The van der Waals surface area contributed by atoms with E-state index in [4.69, 9.17) is 28.9 Å². The third-order valence-corrected chi connectivity index (χ3v) is 5.33. The van der Waals surface area contributed by atoms with E-state index in [1.165, 1.54) is 6.07 Å². The first-order valence-electron chi connectivity index (χ1n) is 11.1. The van der Waals surface area contributed by atoms with Crippen LogP contribution in [0, 0.1) is 5.82 Å². The van der Waals surface area contributed by atoms with E-state index in [0.717, 1.165) is 47.9 Å². The Bertz CT molecular complexity index is 934. The minimum Gasteiger partial charge on any atom is -0.399 e. The van der Waals surface area contributed by atoms with Crippen molar-refractivity contribution < 1.29 is 4.39 Å². The molecule has 0 radical (unpaired) electrons. The average molecular weight is 462 g/mol. The molecule has 0 fully saturated rings. The van der Waals surface area contributed by atoms with Crippen LogP contribution < -0.4 is 5.73 Å². The van der Waals surface area contributed by atoms with E-state index in [1.54, 1.807) is 24.3 Å². The first kappa shape index (κ1) is 27.0. The summed E-state index contributed by atoms with van der Waals surface area (Å²) in [5.41, 5.74) is 10.8. The largest absolute Gasteiger partial charge is 0.399 e. The zero-order chi connectivity index (χ0) is 23.4. The molecule has 0 saturated carbocycles. The van der Waals surface area contributed by atoms with Crippen LogP contribution in [0.3, 0.4) is 0 Å². The summed E-state index contributed by atoms with van der Waals surface area (Å²) in [6.07, 6.45) is 4.12. The van der Waals surface area contributed by atoms with Gasteiger partial charge in [-0.15, -0.1) is 0 Å². The molecule has 0 aliphatic carbocycles. The Labute approximate surface area is 197 Å². The minimum absolute atomic E-state index is 0.311. The number of nitrogen functional groups attached to an aromatic ring is 1. The molecule has 0 bridgehead atoms. The predicted molar refractivity (Wildman–Crippen MR) is 138 cm³/mol. The van der Waals surface area contributed by atoms with Crippen molar-refractivity contribution in [3.63, 3.8) is 0 Å². The van der Waals surface area contributed by atoms with Crippen LogP contribution in [-0.2, 0) is 6.42 Å². The Balaban J connectivity index is 0.00000113. The maximum atomic E-state index is 14.5. The molecule has 0 amide bonds. The third kappa shape index (κ3) is 7.26. The average Bonchev–Trinajstić information content (AvgIpc) is 2.79. The number of rotatable bonds is 6. The van der Waals surface area contributed by atoms with E-state index in [9.17, 15) is 4.39 Å². The molecule has 168 valence electrons. The molecule has 0 unspecified atom stereocenters. The van der Waals surface area contributed by atoms with Crippen molar-refractivity contribution in [3.05, 3.63) is 76.0 Å². The molecule has 0 aliphatic rings. The summed E-state index contributed by atoms with van der Waals surface area (Å²) < 4.78 is 14.5. The van der Waals surface area contributed by atoms with E-state index in [0.29, 0.717) is 21.3 Å². The maximum absolute atomic E-state index is 14.5. The first-order valence-corrected chi connectivity index (χ1v) is 11.9. The van der Waals surface area contributed by atoms with E-state index >= 15 is 0 Å². The molecular weight excluding hydrogens is 428 g/mol. The normalized spacial score (nSPS) is 9.94. The SMILES string of the molecule is CC.CC.CCCCCc1cc(-c2cc(N)ccc2Cl)ccc1-c1c(F)cccc1Cl. The highest BCUT2D eigenvalue weighted by Crippen LogP contribution is 2.37. The lowest BCUT2D eigenvalue weighted by Crippen LogP contribution is -1.96. The molecule has 0 saturated heterocycles. The Hall–Kier alpha value is -2.03.